The number of piperidine rings is 1. The second-order valence-electron chi connectivity index (χ2n) is 5.70. The van der Waals surface area contributed by atoms with Crippen LogP contribution in [0, 0.1) is 0 Å². The molecule has 1 aromatic rings. The number of hydrogen-bond donors (Lipinski definition) is 1. The van der Waals surface area contributed by atoms with Crippen molar-refractivity contribution in [3.8, 4) is 0 Å². The van der Waals surface area contributed by atoms with Gasteiger partial charge >= 0.3 is 5.97 Å². The Morgan fingerprint density at radius 2 is 2.10 bits per heavy atom. The van der Waals surface area contributed by atoms with Gasteiger partial charge < -0.3 is 10.1 Å². The summed E-state index contributed by atoms with van der Waals surface area (Å²) in [7, 11) is 3.45. The number of nitrogens with zero attached hydrogens (tertiary/aromatic N) is 1. The van der Waals surface area contributed by atoms with Crippen LogP contribution in [0.1, 0.15) is 30.4 Å². The van der Waals surface area contributed by atoms with E-state index in [1.165, 1.54) is 31.9 Å². The number of methoxy groups -OCH3 is 1. The molecular formula is C17H26N2O2. The van der Waals surface area contributed by atoms with E-state index in [-0.39, 0.29) is 5.97 Å². The van der Waals surface area contributed by atoms with Crippen LogP contribution >= 0.6 is 0 Å². The standard InChI is InChI=1S/C17H26N2O2/c1-18-12-16-9-5-6-10-19(16)13-15-8-4-3-7-14(15)11-17(20)21-2/h3-4,7-8,16,18H,5-6,9-13H2,1-2H3. The Bertz CT molecular complexity index is 460. The first-order valence-corrected chi connectivity index (χ1v) is 7.77. The Labute approximate surface area is 127 Å². The summed E-state index contributed by atoms with van der Waals surface area (Å²) in [5.74, 6) is -0.173. The Balaban J connectivity index is 2.08. The van der Waals surface area contributed by atoms with Gasteiger partial charge in [0.1, 0.15) is 0 Å². The molecule has 21 heavy (non-hydrogen) atoms. The third kappa shape index (κ3) is 4.55. The lowest BCUT2D eigenvalue weighted by molar-refractivity contribution is -0.139. The Morgan fingerprint density at radius 1 is 1.33 bits per heavy atom. The van der Waals surface area contributed by atoms with E-state index in [0.29, 0.717) is 12.5 Å². The van der Waals surface area contributed by atoms with Crippen molar-refractivity contribution in [1.82, 2.24) is 10.2 Å². The zero-order valence-corrected chi connectivity index (χ0v) is 13.1. The first-order valence-electron chi connectivity index (χ1n) is 7.77. The molecule has 4 heteroatoms. The topological polar surface area (TPSA) is 41.6 Å². The van der Waals surface area contributed by atoms with E-state index in [0.717, 1.165) is 25.2 Å². The maximum atomic E-state index is 11.5. The van der Waals surface area contributed by atoms with Gasteiger partial charge in [0.2, 0.25) is 0 Å². The van der Waals surface area contributed by atoms with Crippen molar-refractivity contribution in [2.24, 2.45) is 0 Å². The summed E-state index contributed by atoms with van der Waals surface area (Å²) in [6.45, 7) is 3.08. The SMILES string of the molecule is CNCC1CCCCN1Cc1ccccc1CC(=O)OC. The van der Waals surface area contributed by atoms with Crippen LogP contribution in [-0.2, 0) is 22.5 Å². The Hall–Kier alpha value is -1.39. The van der Waals surface area contributed by atoms with Crippen LogP contribution < -0.4 is 5.32 Å². The first-order chi connectivity index (χ1) is 10.2. The van der Waals surface area contributed by atoms with Crippen molar-refractivity contribution in [2.45, 2.75) is 38.3 Å². The minimum Gasteiger partial charge on any atom is -0.469 e. The van der Waals surface area contributed by atoms with Crippen LogP contribution in [0.3, 0.4) is 0 Å². The van der Waals surface area contributed by atoms with Crippen LogP contribution in [0.25, 0.3) is 0 Å². The smallest absolute Gasteiger partial charge is 0.309 e. The molecule has 1 N–H and O–H groups in total. The molecule has 4 nitrogen and oxygen atoms in total. The van der Waals surface area contributed by atoms with Crippen molar-refractivity contribution < 1.29 is 9.53 Å². The summed E-state index contributed by atoms with van der Waals surface area (Å²) in [5, 5.41) is 3.29. The van der Waals surface area contributed by atoms with Crippen LogP contribution in [0.15, 0.2) is 24.3 Å². The number of likely N-dealkylation sites (tertiary alicyclic amines) is 1. The zero-order chi connectivity index (χ0) is 15.1. The highest BCUT2D eigenvalue weighted by Crippen LogP contribution is 2.21. The van der Waals surface area contributed by atoms with E-state index in [9.17, 15) is 4.79 Å². The number of carbonyl (C=O) groups excluding carboxylic acids is 1. The van der Waals surface area contributed by atoms with Gasteiger partial charge in [0.05, 0.1) is 13.5 Å². The molecule has 0 spiro atoms. The van der Waals surface area contributed by atoms with Gasteiger partial charge in [-0.2, -0.15) is 0 Å². The lowest BCUT2D eigenvalue weighted by Crippen LogP contribution is -2.44. The minimum absolute atomic E-state index is 0.173. The average molecular weight is 290 g/mol. The molecule has 0 radical (unpaired) electrons. The van der Waals surface area contributed by atoms with Gasteiger partial charge in [-0.05, 0) is 37.6 Å². The van der Waals surface area contributed by atoms with Gasteiger partial charge in [-0.15, -0.1) is 0 Å². The molecular weight excluding hydrogens is 264 g/mol. The maximum Gasteiger partial charge on any atom is 0.309 e. The van der Waals surface area contributed by atoms with Crippen LogP contribution in [0.4, 0.5) is 0 Å². The zero-order valence-electron chi connectivity index (χ0n) is 13.1. The van der Waals surface area contributed by atoms with Gasteiger partial charge in [-0.3, -0.25) is 9.69 Å². The summed E-state index contributed by atoms with van der Waals surface area (Å²) in [4.78, 5) is 14.1. The fourth-order valence-corrected chi connectivity index (χ4v) is 3.07. The van der Waals surface area contributed by atoms with E-state index in [1.807, 2.05) is 25.2 Å². The maximum absolute atomic E-state index is 11.5. The lowest BCUT2D eigenvalue weighted by Gasteiger charge is -2.36. The van der Waals surface area contributed by atoms with Crippen molar-refractivity contribution in [2.75, 3.05) is 27.2 Å². The van der Waals surface area contributed by atoms with E-state index < -0.39 is 0 Å². The Kier molecular flexibility index (Phi) is 6.21. The first kappa shape index (κ1) is 16.0. The number of hydrogen-bond acceptors (Lipinski definition) is 4. The van der Waals surface area contributed by atoms with Crippen LogP contribution in [0.2, 0.25) is 0 Å². The lowest BCUT2D eigenvalue weighted by atomic mass is 9.98. The number of benzene rings is 1. The summed E-state index contributed by atoms with van der Waals surface area (Å²) < 4.78 is 4.80. The predicted octanol–water partition coefficient (Wildman–Crippen LogP) is 1.98. The third-order valence-electron chi connectivity index (χ3n) is 4.24. The molecule has 0 aromatic heterocycles. The molecule has 1 atom stereocenters. The third-order valence-corrected chi connectivity index (χ3v) is 4.24. The summed E-state index contributed by atoms with van der Waals surface area (Å²) >= 11 is 0. The molecule has 116 valence electrons. The fraction of sp³-hybridized carbons (Fsp3) is 0.588. The number of ether oxygens (including phenoxy) is 1. The number of carbonyl (C=O) groups is 1. The van der Waals surface area contributed by atoms with Gasteiger partial charge in [0.15, 0.2) is 0 Å². The van der Waals surface area contributed by atoms with Crippen molar-refractivity contribution in [3.05, 3.63) is 35.4 Å². The van der Waals surface area contributed by atoms with E-state index in [2.05, 4.69) is 16.3 Å². The van der Waals surface area contributed by atoms with Crippen molar-refractivity contribution >= 4 is 5.97 Å². The van der Waals surface area contributed by atoms with E-state index >= 15 is 0 Å². The van der Waals surface area contributed by atoms with Gasteiger partial charge in [-0.1, -0.05) is 30.7 Å². The molecule has 1 saturated heterocycles. The molecule has 1 aromatic carbocycles. The van der Waals surface area contributed by atoms with Gasteiger partial charge in [0, 0.05) is 19.1 Å². The second-order valence-corrected chi connectivity index (χ2v) is 5.70. The monoisotopic (exact) mass is 290 g/mol. The van der Waals surface area contributed by atoms with Crippen molar-refractivity contribution in [1.29, 1.82) is 0 Å². The minimum atomic E-state index is -0.173. The number of nitrogens with one attached hydrogen (secondary N) is 1. The molecule has 1 heterocycles. The fourth-order valence-electron chi connectivity index (χ4n) is 3.07. The molecule has 2 rings (SSSR count). The van der Waals surface area contributed by atoms with E-state index in [4.69, 9.17) is 4.74 Å². The molecule has 0 saturated carbocycles. The Morgan fingerprint density at radius 3 is 2.81 bits per heavy atom. The van der Waals surface area contributed by atoms with Crippen LogP contribution in [-0.4, -0.2) is 44.2 Å². The normalized spacial score (nSPS) is 19.4. The number of rotatable bonds is 6. The molecule has 1 aliphatic rings. The highest BCUT2D eigenvalue weighted by atomic mass is 16.5. The molecule has 1 fully saturated rings. The van der Waals surface area contributed by atoms with E-state index in [1.54, 1.807) is 0 Å². The summed E-state index contributed by atoms with van der Waals surface area (Å²) in [6.07, 6.45) is 4.18. The highest BCUT2D eigenvalue weighted by molar-refractivity contribution is 5.72. The predicted molar refractivity (Wildman–Crippen MR) is 84.1 cm³/mol. The van der Waals surface area contributed by atoms with Gasteiger partial charge in [0.25, 0.3) is 0 Å². The molecule has 0 aliphatic carbocycles. The molecule has 0 bridgehead atoms. The quantitative estimate of drug-likeness (QED) is 0.813. The van der Waals surface area contributed by atoms with Crippen molar-refractivity contribution in [3.63, 3.8) is 0 Å². The number of likely N-dealkylation sites (N-methyl/N-ethyl adjacent to an activating group) is 1. The largest absolute Gasteiger partial charge is 0.469 e. The average Bonchev–Trinajstić information content (AvgIpc) is 2.51. The molecule has 0 amide bonds. The molecule has 1 unspecified atom stereocenters. The second kappa shape index (κ2) is 8.15. The highest BCUT2D eigenvalue weighted by Gasteiger charge is 2.22. The van der Waals surface area contributed by atoms with Gasteiger partial charge in [-0.25, -0.2) is 0 Å². The summed E-state index contributed by atoms with van der Waals surface area (Å²) in [6, 6.07) is 8.79. The van der Waals surface area contributed by atoms with Crippen LogP contribution in [0.5, 0.6) is 0 Å². The summed E-state index contributed by atoms with van der Waals surface area (Å²) in [5.41, 5.74) is 2.32. The number of esters is 1. The molecule has 1 aliphatic heterocycles.